The molecule has 0 aliphatic carbocycles. The molecule has 1 rings (SSSR count). The molecular formula is C14H16O5. The molecule has 0 aliphatic heterocycles. The van der Waals surface area contributed by atoms with E-state index in [1.54, 1.807) is 30.3 Å². The molecule has 2 atom stereocenters. The van der Waals surface area contributed by atoms with Gasteiger partial charge in [-0.1, -0.05) is 30.3 Å². The van der Waals surface area contributed by atoms with Gasteiger partial charge in [0.1, 0.15) is 6.10 Å². The van der Waals surface area contributed by atoms with Gasteiger partial charge in [0.05, 0.1) is 7.11 Å². The van der Waals surface area contributed by atoms with E-state index in [2.05, 4.69) is 4.74 Å². The Kier molecular flexibility index (Phi) is 5.41. The van der Waals surface area contributed by atoms with Gasteiger partial charge < -0.3 is 14.9 Å². The maximum atomic E-state index is 11.1. The molecule has 0 aliphatic rings. The Labute approximate surface area is 111 Å². The number of carbonyl (C=O) groups is 2. The van der Waals surface area contributed by atoms with Gasteiger partial charge in [0.25, 0.3) is 0 Å². The molecule has 0 aromatic heterocycles. The van der Waals surface area contributed by atoms with E-state index >= 15 is 0 Å². The number of aliphatic hydroxyl groups is 2. The number of hydrogen-bond acceptors (Lipinski definition) is 5. The van der Waals surface area contributed by atoms with Gasteiger partial charge in [-0.3, -0.25) is 4.79 Å². The summed E-state index contributed by atoms with van der Waals surface area (Å²) >= 11 is 0. The molecule has 0 fully saturated rings. The average molecular weight is 264 g/mol. The van der Waals surface area contributed by atoms with Crippen molar-refractivity contribution >= 4 is 17.8 Å². The first-order valence-electron chi connectivity index (χ1n) is 5.68. The molecule has 0 saturated carbocycles. The molecule has 0 saturated heterocycles. The zero-order chi connectivity index (χ0) is 14.4. The molecule has 2 N–H and O–H groups in total. The van der Waals surface area contributed by atoms with Crippen LogP contribution in [0.15, 0.2) is 30.3 Å². The summed E-state index contributed by atoms with van der Waals surface area (Å²) in [6.45, 7) is 1.45. The van der Waals surface area contributed by atoms with Crippen LogP contribution in [0.3, 0.4) is 0 Å². The number of ether oxygens (including phenoxy) is 1. The second-order valence-corrected chi connectivity index (χ2v) is 4.02. The van der Waals surface area contributed by atoms with Crippen LogP contribution in [0.4, 0.5) is 0 Å². The number of aliphatic hydroxyl groups excluding tert-OH is 2. The van der Waals surface area contributed by atoms with E-state index in [1.807, 2.05) is 0 Å². The quantitative estimate of drug-likeness (QED) is 0.608. The number of carbonyl (C=O) groups excluding carboxylic acids is 2. The lowest BCUT2D eigenvalue weighted by Gasteiger charge is -2.15. The number of esters is 1. The van der Waals surface area contributed by atoms with Crippen LogP contribution in [0.2, 0.25) is 0 Å². The van der Waals surface area contributed by atoms with Crippen molar-refractivity contribution in [2.45, 2.75) is 19.1 Å². The Balaban J connectivity index is 2.81. The number of ketones is 1. The number of rotatable bonds is 5. The van der Waals surface area contributed by atoms with Gasteiger partial charge in [0.2, 0.25) is 0 Å². The summed E-state index contributed by atoms with van der Waals surface area (Å²) in [5, 5.41) is 19.3. The highest BCUT2D eigenvalue weighted by molar-refractivity contribution is 5.91. The second-order valence-electron chi connectivity index (χ2n) is 4.02. The van der Waals surface area contributed by atoms with Gasteiger partial charge in [0.15, 0.2) is 11.9 Å². The fourth-order valence-electron chi connectivity index (χ4n) is 1.45. The lowest BCUT2D eigenvalue weighted by molar-refractivity contribution is -0.156. The van der Waals surface area contributed by atoms with E-state index < -0.39 is 18.2 Å². The summed E-state index contributed by atoms with van der Waals surface area (Å²) in [7, 11) is 1.13. The smallest absolute Gasteiger partial charge is 0.337 e. The third-order valence-electron chi connectivity index (χ3n) is 2.53. The summed E-state index contributed by atoms with van der Waals surface area (Å²) < 4.78 is 4.35. The van der Waals surface area contributed by atoms with E-state index in [4.69, 9.17) is 0 Å². The van der Waals surface area contributed by atoms with Crippen molar-refractivity contribution < 1.29 is 24.5 Å². The first kappa shape index (κ1) is 15.1. The Hall–Kier alpha value is -1.98. The Bertz CT molecular complexity index is 475. The van der Waals surface area contributed by atoms with Crippen LogP contribution in [0.25, 0.3) is 6.08 Å². The maximum Gasteiger partial charge on any atom is 0.337 e. The minimum absolute atomic E-state index is 0.0646. The second kappa shape index (κ2) is 6.82. The molecule has 1 aromatic rings. The Morgan fingerprint density at radius 2 is 1.79 bits per heavy atom. The minimum Gasteiger partial charge on any atom is -0.467 e. The molecule has 0 radical (unpaired) electrons. The third kappa shape index (κ3) is 4.31. The van der Waals surface area contributed by atoms with Gasteiger partial charge in [-0.15, -0.1) is 0 Å². The molecule has 19 heavy (non-hydrogen) atoms. The van der Waals surface area contributed by atoms with Crippen molar-refractivity contribution in [1.82, 2.24) is 0 Å². The fraction of sp³-hybridized carbons (Fsp3) is 0.286. The molecule has 2 unspecified atom stereocenters. The normalized spacial score (nSPS) is 14.1. The predicted octanol–water partition coefficient (Wildman–Crippen LogP) is 0.856. The molecule has 5 heteroatoms. The molecule has 5 nitrogen and oxygen atoms in total. The monoisotopic (exact) mass is 264 g/mol. The molecule has 0 bridgehead atoms. The summed E-state index contributed by atoms with van der Waals surface area (Å²) in [5.74, 6) is -0.960. The third-order valence-corrected chi connectivity index (χ3v) is 2.53. The van der Waals surface area contributed by atoms with Gasteiger partial charge in [0, 0.05) is 0 Å². The Morgan fingerprint density at radius 1 is 1.21 bits per heavy atom. The highest BCUT2D eigenvalue weighted by Crippen LogP contribution is 2.18. The molecule has 0 spiro atoms. The van der Waals surface area contributed by atoms with Crippen molar-refractivity contribution in [2.24, 2.45) is 0 Å². The van der Waals surface area contributed by atoms with Gasteiger partial charge in [-0.05, 0) is 24.1 Å². The van der Waals surface area contributed by atoms with E-state index in [0.717, 1.165) is 12.7 Å². The summed E-state index contributed by atoms with van der Waals surface area (Å²) in [6, 6.07) is 6.47. The van der Waals surface area contributed by atoms with Crippen LogP contribution in [-0.4, -0.2) is 35.2 Å². The molecule has 0 heterocycles. The molecular weight excluding hydrogens is 248 g/mol. The van der Waals surface area contributed by atoms with Crippen molar-refractivity contribution in [3.8, 4) is 0 Å². The maximum absolute atomic E-state index is 11.1. The number of methoxy groups -OCH3 is 1. The van der Waals surface area contributed by atoms with Crippen LogP contribution >= 0.6 is 0 Å². The van der Waals surface area contributed by atoms with Gasteiger partial charge in [-0.2, -0.15) is 0 Å². The average Bonchev–Trinajstić information content (AvgIpc) is 2.43. The van der Waals surface area contributed by atoms with Crippen LogP contribution in [0.1, 0.15) is 24.2 Å². The van der Waals surface area contributed by atoms with Crippen LogP contribution < -0.4 is 0 Å². The zero-order valence-corrected chi connectivity index (χ0v) is 10.7. The van der Waals surface area contributed by atoms with Crippen molar-refractivity contribution in [1.29, 1.82) is 0 Å². The predicted molar refractivity (Wildman–Crippen MR) is 69.1 cm³/mol. The van der Waals surface area contributed by atoms with Crippen LogP contribution in [-0.2, 0) is 14.3 Å². The lowest BCUT2D eigenvalue weighted by atomic mass is 10.0. The molecule has 102 valence electrons. The number of hydrogen-bond donors (Lipinski definition) is 2. The highest BCUT2D eigenvalue weighted by Gasteiger charge is 2.26. The van der Waals surface area contributed by atoms with E-state index in [9.17, 15) is 19.8 Å². The fourth-order valence-corrected chi connectivity index (χ4v) is 1.45. The zero-order valence-electron chi connectivity index (χ0n) is 10.7. The summed E-state index contributed by atoms with van der Waals surface area (Å²) in [5.41, 5.74) is 1.16. The first-order valence-corrected chi connectivity index (χ1v) is 5.68. The number of benzene rings is 1. The van der Waals surface area contributed by atoms with Gasteiger partial charge >= 0.3 is 5.97 Å². The van der Waals surface area contributed by atoms with Crippen molar-refractivity contribution in [3.05, 3.63) is 41.5 Å². The van der Waals surface area contributed by atoms with E-state index in [-0.39, 0.29) is 5.78 Å². The SMILES string of the molecule is COC(=O)C(O)C(O)c1ccc(/C=C/C(C)=O)cc1. The van der Waals surface area contributed by atoms with Crippen LogP contribution in [0, 0.1) is 0 Å². The van der Waals surface area contributed by atoms with E-state index in [0.29, 0.717) is 5.56 Å². The van der Waals surface area contributed by atoms with Crippen LogP contribution in [0.5, 0.6) is 0 Å². The first-order chi connectivity index (χ1) is 8.95. The lowest BCUT2D eigenvalue weighted by Crippen LogP contribution is -2.28. The van der Waals surface area contributed by atoms with Gasteiger partial charge in [-0.25, -0.2) is 4.79 Å². The number of allylic oxidation sites excluding steroid dienone is 1. The standard InChI is InChI=1S/C14H16O5/c1-9(15)3-4-10-5-7-11(8-6-10)12(16)13(17)14(18)19-2/h3-8,12-13,16-17H,1-2H3/b4-3+. The highest BCUT2D eigenvalue weighted by atomic mass is 16.5. The molecule has 0 amide bonds. The van der Waals surface area contributed by atoms with Crippen molar-refractivity contribution in [3.63, 3.8) is 0 Å². The van der Waals surface area contributed by atoms with E-state index in [1.165, 1.54) is 13.0 Å². The minimum atomic E-state index is -1.62. The summed E-state index contributed by atoms with van der Waals surface area (Å²) in [6.07, 6.45) is 0.0890. The topological polar surface area (TPSA) is 83.8 Å². The van der Waals surface area contributed by atoms with Crippen molar-refractivity contribution in [2.75, 3.05) is 7.11 Å². The largest absolute Gasteiger partial charge is 0.467 e. The summed E-state index contributed by atoms with van der Waals surface area (Å²) in [4.78, 5) is 21.9. The molecule has 1 aromatic carbocycles. The Morgan fingerprint density at radius 3 is 2.26 bits per heavy atom.